The SMILES string of the molecule is NCc1cccc(C(=O)N2CCS[C@H]2C(=O)O[C@@H](Cc2c(Cl)c[n+]([O-])cc2Cl)c2ccc(OC(F)F)c(OCC3CC3)c2)c1. The topological polar surface area (TPSA) is 118 Å². The molecule has 2 fully saturated rings. The molecule has 1 aromatic heterocycles. The fraction of sp³-hybridized carbons (Fsp3) is 0.367. The Labute approximate surface area is 266 Å². The molecule has 1 saturated heterocycles. The normalized spacial score (nSPS) is 17.0. The van der Waals surface area contributed by atoms with Gasteiger partial charge in [0.15, 0.2) is 29.3 Å². The molecule has 44 heavy (non-hydrogen) atoms. The number of pyridine rings is 1. The van der Waals surface area contributed by atoms with Crippen LogP contribution < -0.4 is 19.9 Å². The number of rotatable bonds is 12. The van der Waals surface area contributed by atoms with Crippen LogP contribution in [0.15, 0.2) is 54.9 Å². The molecule has 1 aliphatic heterocycles. The lowest BCUT2D eigenvalue weighted by atomic mass is 10.0. The van der Waals surface area contributed by atoms with Crippen molar-refractivity contribution < 1.29 is 37.3 Å². The Morgan fingerprint density at radius 3 is 2.55 bits per heavy atom. The van der Waals surface area contributed by atoms with E-state index in [2.05, 4.69) is 4.74 Å². The average Bonchev–Trinajstić information content (AvgIpc) is 3.69. The van der Waals surface area contributed by atoms with Crippen LogP contribution in [0.5, 0.6) is 11.5 Å². The van der Waals surface area contributed by atoms with Gasteiger partial charge in [-0.15, -0.1) is 11.8 Å². The zero-order chi connectivity index (χ0) is 31.4. The van der Waals surface area contributed by atoms with Gasteiger partial charge in [-0.1, -0.05) is 41.4 Å². The maximum atomic E-state index is 13.7. The van der Waals surface area contributed by atoms with Crippen LogP contribution in [-0.2, 0) is 22.5 Å². The highest BCUT2D eigenvalue weighted by atomic mass is 35.5. The monoisotopic (exact) mass is 667 g/mol. The molecule has 0 spiro atoms. The van der Waals surface area contributed by atoms with E-state index >= 15 is 0 Å². The lowest BCUT2D eigenvalue weighted by Crippen LogP contribution is -2.40. The first-order valence-electron chi connectivity index (χ1n) is 13.8. The fourth-order valence-corrected chi connectivity index (χ4v) is 6.43. The summed E-state index contributed by atoms with van der Waals surface area (Å²) in [7, 11) is 0. The third kappa shape index (κ3) is 7.84. The van der Waals surface area contributed by atoms with Crippen LogP contribution in [0.4, 0.5) is 8.78 Å². The first-order chi connectivity index (χ1) is 21.1. The van der Waals surface area contributed by atoms with Crippen molar-refractivity contribution in [2.45, 2.75) is 43.9 Å². The van der Waals surface area contributed by atoms with Crippen molar-refractivity contribution in [1.29, 1.82) is 0 Å². The van der Waals surface area contributed by atoms with Crippen molar-refractivity contribution >= 4 is 46.8 Å². The van der Waals surface area contributed by atoms with Crippen molar-refractivity contribution in [3.05, 3.63) is 92.4 Å². The second-order valence-corrected chi connectivity index (χ2v) is 12.4. The standard InChI is InChI=1S/C30H29Cl2F2N3O6S/c31-22-14-36(40)15-23(32)21(22)12-25(19-6-7-24(43-30(33)34)26(11-19)41-16-17-4-5-17)42-29(39)28-37(8-9-44-28)27(38)20-3-1-2-18(10-20)13-35/h1-3,6-7,10-11,14-15,17,25,28,30H,4-5,8-9,12-13,16,35H2/t25-,28-/m0/s1. The van der Waals surface area contributed by atoms with Crippen molar-refractivity contribution in [2.24, 2.45) is 11.7 Å². The largest absolute Gasteiger partial charge is 0.619 e. The summed E-state index contributed by atoms with van der Waals surface area (Å²) in [5, 5.41) is 11.0. The molecule has 0 bridgehead atoms. The van der Waals surface area contributed by atoms with Crippen LogP contribution in [0, 0.1) is 11.1 Å². The van der Waals surface area contributed by atoms with E-state index in [0.29, 0.717) is 46.2 Å². The lowest BCUT2D eigenvalue weighted by molar-refractivity contribution is -0.605. The minimum absolute atomic E-state index is 0.0447. The lowest BCUT2D eigenvalue weighted by Gasteiger charge is -2.26. The molecule has 2 aliphatic rings. The summed E-state index contributed by atoms with van der Waals surface area (Å²) < 4.78 is 43.3. The second kappa shape index (κ2) is 14.2. The van der Waals surface area contributed by atoms with Gasteiger partial charge in [-0.25, -0.2) is 4.79 Å². The van der Waals surface area contributed by atoms with E-state index in [-0.39, 0.29) is 40.4 Å². The number of hydrogen-bond acceptors (Lipinski definition) is 8. The minimum Gasteiger partial charge on any atom is -0.619 e. The molecule has 234 valence electrons. The van der Waals surface area contributed by atoms with Gasteiger partial charge in [0.05, 0.1) is 6.61 Å². The van der Waals surface area contributed by atoms with Crippen LogP contribution in [0.2, 0.25) is 10.0 Å². The van der Waals surface area contributed by atoms with Gasteiger partial charge in [-0.05, 0) is 54.2 Å². The van der Waals surface area contributed by atoms with Crippen molar-refractivity contribution in [3.8, 4) is 11.5 Å². The number of hydrogen-bond donors (Lipinski definition) is 1. The summed E-state index contributed by atoms with van der Waals surface area (Å²) in [4.78, 5) is 28.5. The average molecular weight is 669 g/mol. The Hall–Kier alpha value is -3.32. The Kier molecular flexibility index (Phi) is 10.3. The summed E-state index contributed by atoms with van der Waals surface area (Å²) in [6.07, 6.45) is 3.07. The quantitative estimate of drug-likeness (QED) is 0.152. The van der Waals surface area contributed by atoms with E-state index in [9.17, 15) is 23.6 Å². The van der Waals surface area contributed by atoms with Gasteiger partial charge in [0.1, 0.15) is 16.1 Å². The molecular weight excluding hydrogens is 639 g/mol. The Balaban J connectivity index is 1.45. The maximum Gasteiger partial charge on any atom is 0.387 e. The number of thioether (sulfide) groups is 1. The Morgan fingerprint density at radius 1 is 1.11 bits per heavy atom. The fourth-order valence-electron chi connectivity index (χ4n) is 4.73. The Morgan fingerprint density at radius 2 is 1.86 bits per heavy atom. The number of carbonyl (C=O) groups is 2. The molecule has 1 saturated carbocycles. The van der Waals surface area contributed by atoms with Crippen LogP contribution in [0.1, 0.15) is 46.0 Å². The third-order valence-corrected chi connectivity index (χ3v) is 9.03. The molecule has 9 nitrogen and oxygen atoms in total. The van der Waals surface area contributed by atoms with Crippen LogP contribution in [0.3, 0.4) is 0 Å². The summed E-state index contributed by atoms with van der Waals surface area (Å²) >= 11 is 14.0. The van der Waals surface area contributed by atoms with Gasteiger partial charge in [-0.3, -0.25) is 4.79 Å². The van der Waals surface area contributed by atoms with E-state index in [1.165, 1.54) is 34.9 Å². The molecule has 2 atom stereocenters. The van der Waals surface area contributed by atoms with E-state index in [1.807, 2.05) is 0 Å². The number of aromatic nitrogens is 1. The molecule has 1 aliphatic carbocycles. The highest BCUT2D eigenvalue weighted by molar-refractivity contribution is 8.00. The molecular formula is C30H29Cl2F2N3O6S. The van der Waals surface area contributed by atoms with Crippen molar-refractivity contribution in [2.75, 3.05) is 18.9 Å². The summed E-state index contributed by atoms with van der Waals surface area (Å²) in [6.45, 7) is -2.19. The number of esters is 1. The number of amides is 1. The molecule has 2 aromatic carbocycles. The molecule has 0 radical (unpaired) electrons. The number of alkyl halides is 2. The van der Waals surface area contributed by atoms with Gasteiger partial charge in [0.25, 0.3) is 5.91 Å². The van der Waals surface area contributed by atoms with Crippen LogP contribution in [-0.4, -0.2) is 47.7 Å². The molecule has 14 heteroatoms. The van der Waals surface area contributed by atoms with Gasteiger partial charge in [0.2, 0.25) is 0 Å². The zero-order valence-electron chi connectivity index (χ0n) is 23.3. The summed E-state index contributed by atoms with van der Waals surface area (Å²) in [6, 6.07) is 11.1. The van der Waals surface area contributed by atoms with Gasteiger partial charge < -0.3 is 30.1 Å². The highest BCUT2D eigenvalue weighted by Crippen LogP contribution is 2.38. The molecule has 2 heterocycles. The van der Waals surface area contributed by atoms with E-state index in [4.69, 9.17) is 38.4 Å². The predicted octanol–water partition coefficient (Wildman–Crippen LogP) is 5.52. The highest BCUT2D eigenvalue weighted by Gasteiger charge is 2.38. The first-order valence-corrected chi connectivity index (χ1v) is 15.6. The van der Waals surface area contributed by atoms with Crippen molar-refractivity contribution in [3.63, 3.8) is 0 Å². The molecule has 2 N–H and O–H groups in total. The van der Waals surface area contributed by atoms with E-state index < -0.39 is 24.1 Å². The molecule has 1 amide bonds. The minimum atomic E-state index is -3.08. The molecule has 3 aromatic rings. The first kappa shape index (κ1) is 32.1. The van der Waals surface area contributed by atoms with Gasteiger partial charge in [0, 0.05) is 36.4 Å². The third-order valence-electron chi connectivity index (χ3n) is 7.20. The molecule has 0 unspecified atom stereocenters. The van der Waals surface area contributed by atoms with Gasteiger partial charge >= 0.3 is 12.6 Å². The van der Waals surface area contributed by atoms with E-state index in [1.54, 1.807) is 24.3 Å². The molecule has 5 rings (SSSR count). The number of ether oxygens (including phenoxy) is 3. The number of nitrogens with zero attached hydrogens (tertiary/aromatic N) is 2. The predicted molar refractivity (Wildman–Crippen MR) is 161 cm³/mol. The number of carbonyl (C=O) groups excluding carboxylic acids is 2. The summed E-state index contributed by atoms with van der Waals surface area (Å²) in [5.41, 5.74) is 7.62. The number of halogens is 4. The zero-order valence-corrected chi connectivity index (χ0v) is 25.6. The second-order valence-electron chi connectivity index (χ2n) is 10.4. The summed E-state index contributed by atoms with van der Waals surface area (Å²) in [5.74, 6) is -0.323. The Bertz CT molecular complexity index is 1510. The number of nitrogens with two attached hydrogens (primary N) is 1. The van der Waals surface area contributed by atoms with Gasteiger partial charge in [-0.2, -0.15) is 13.5 Å². The van der Waals surface area contributed by atoms with E-state index in [0.717, 1.165) is 30.8 Å². The smallest absolute Gasteiger partial charge is 0.387 e. The maximum absolute atomic E-state index is 13.7. The van der Waals surface area contributed by atoms with Crippen molar-refractivity contribution in [1.82, 2.24) is 4.90 Å². The van der Waals surface area contributed by atoms with Crippen LogP contribution >= 0.6 is 35.0 Å². The number of benzene rings is 2. The van der Waals surface area contributed by atoms with Crippen LogP contribution in [0.25, 0.3) is 0 Å².